The van der Waals surface area contributed by atoms with Crippen molar-refractivity contribution >= 4 is 40.6 Å². The smallest absolute Gasteiger partial charge is 0.326 e. The molecule has 0 aliphatic heterocycles. The first-order chi connectivity index (χ1) is 17.8. The molecule has 4 atom stereocenters. The number of benzene rings is 1. The lowest BCUT2D eigenvalue weighted by atomic mass is 10.0. The van der Waals surface area contributed by atoms with E-state index in [9.17, 15) is 34.2 Å². The van der Waals surface area contributed by atoms with Gasteiger partial charge in [0, 0.05) is 23.5 Å². The van der Waals surface area contributed by atoms with Crippen molar-refractivity contribution < 1.29 is 34.2 Å². The van der Waals surface area contributed by atoms with E-state index in [4.69, 9.17) is 5.73 Å². The van der Waals surface area contributed by atoms with Gasteiger partial charge in [0.1, 0.15) is 18.1 Å². The van der Waals surface area contributed by atoms with Gasteiger partial charge < -0.3 is 36.9 Å². The fourth-order valence-corrected chi connectivity index (χ4v) is 3.92. The van der Waals surface area contributed by atoms with Crippen LogP contribution in [0.3, 0.4) is 0 Å². The molecule has 2 rings (SSSR count). The zero-order valence-corrected chi connectivity index (χ0v) is 22.0. The first kappa shape index (κ1) is 30.3. The highest BCUT2D eigenvalue weighted by atomic mass is 16.4. The number of nitrogens with one attached hydrogen (secondary N) is 4. The average Bonchev–Trinajstić information content (AvgIpc) is 3.24. The number of aromatic nitrogens is 1. The molecule has 208 valence electrons. The lowest BCUT2D eigenvalue weighted by Gasteiger charge is -2.26. The van der Waals surface area contributed by atoms with Crippen molar-refractivity contribution in [1.82, 2.24) is 20.9 Å². The van der Waals surface area contributed by atoms with E-state index < -0.39 is 60.2 Å². The van der Waals surface area contributed by atoms with Crippen LogP contribution in [0.15, 0.2) is 30.5 Å². The normalized spacial score (nSPS) is 14.5. The molecule has 38 heavy (non-hydrogen) atoms. The maximum absolute atomic E-state index is 13.2. The summed E-state index contributed by atoms with van der Waals surface area (Å²) in [5, 5.41) is 27.2. The minimum Gasteiger partial charge on any atom is -0.481 e. The summed E-state index contributed by atoms with van der Waals surface area (Å²) in [6.07, 6.45) is 1.10. The van der Waals surface area contributed by atoms with Crippen molar-refractivity contribution in [1.29, 1.82) is 0 Å². The van der Waals surface area contributed by atoms with Gasteiger partial charge in [-0.1, -0.05) is 45.9 Å². The molecule has 1 heterocycles. The highest BCUT2D eigenvalue weighted by molar-refractivity contribution is 5.96. The average molecular weight is 532 g/mol. The van der Waals surface area contributed by atoms with Gasteiger partial charge in [-0.3, -0.25) is 19.2 Å². The summed E-state index contributed by atoms with van der Waals surface area (Å²) in [5.74, 6) is -5.25. The number of rotatable bonds is 14. The number of H-pyrrole nitrogens is 1. The quantitative estimate of drug-likeness (QED) is 0.185. The van der Waals surface area contributed by atoms with Gasteiger partial charge in [0.2, 0.25) is 17.7 Å². The van der Waals surface area contributed by atoms with Crippen molar-refractivity contribution in [2.24, 2.45) is 17.6 Å². The maximum Gasteiger partial charge on any atom is 0.326 e. The first-order valence-electron chi connectivity index (χ1n) is 12.5. The van der Waals surface area contributed by atoms with E-state index in [0.29, 0.717) is 5.56 Å². The Balaban J connectivity index is 2.19. The number of fused-ring (bicyclic) bond motifs is 1. The number of para-hydroxylation sites is 1. The van der Waals surface area contributed by atoms with Gasteiger partial charge in [-0.2, -0.15) is 0 Å². The second-order valence-electron chi connectivity index (χ2n) is 10.1. The monoisotopic (exact) mass is 531 g/mol. The van der Waals surface area contributed by atoms with Crippen LogP contribution in [0.4, 0.5) is 0 Å². The van der Waals surface area contributed by atoms with E-state index >= 15 is 0 Å². The van der Waals surface area contributed by atoms with E-state index in [1.165, 1.54) is 0 Å². The van der Waals surface area contributed by atoms with E-state index in [-0.39, 0.29) is 24.7 Å². The predicted octanol–water partition coefficient (Wildman–Crippen LogP) is 0.754. The molecule has 0 spiro atoms. The maximum atomic E-state index is 13.2. The summed E-state index contributed by atoms with van der Waals surface area (Å²) in [5.41, 5.74) is 7.34. The molecule has 0 aliphatic carbocycles. The zero-order chi connectivity index (χ0) is 28.6. The SMILES string of the molecule is CC(C)CC(NC(=O)C(CC(=O)O)NC(=O)C(N)C(C)C)C(=O)NC(Cc1c[nH]c2ccccc12)C(=O)O. The van der Waals surface area contributed by atoms with Gasteiger partial charge >= 0.3 is 11.9 Å². The standard InChI is InChI=1S/C26H37N5O7/c1-13(2)9-18(29-24(35)19(11-21(32)33)30-25(36)22(27)14(3)4)23(34)31-20(26(37)38)10-15-12-28-17-8-6-5-7-16(15)17/h5-8,12-14,18-20,22,28H,9-11,27H2,1-4H3,(H,29,35)(H,30,36)(H,31,34)(H,32,33)(H,37,38). The second-order valence-corrected chi connectivity index (χ2v) is 10.1. The molecular formula is C26H37N5O7. The topological polar surface area (TPSA) is 204 Å². The molecule has 0 fully saturated rings. The first-order valence-corrected chi connectivity index (χ1v) is 12.5. The fraction of sp³-hybridized carbons (Fsp3) is 0.500. The summed E-state index contributed by atoms with van der Waals surface area (Å²) >= 11 is 0. The third-order valence-corrected chi connectivity index (χ3v) is 6.09. The Labute approximate surface area is 220 Å². The summed E-state index contributed by atoms with van der Waals surface area (Å²) < 4.78 is 0. The molecule has 0 saturated carbocycles. The minimum absolute atomic E-state index is 0.00177. The predicted molar refractivity (Wildman–Crippen MR) is 140 cm³/mol. The molecule has 8 N–H and O–H groups in total. The Morgan fingerprint density at radius 1 is 0.868 bits per heavy atom. The number of hydrogen-bond acceptors (Lipinski definition) is 6. The van der Waals surface area contributed by atoms with Gasteiger partial charge in [0.25, 0.3) is 0 Å². The highest BCUT2D eigenvalue weighted by Crippen LogP contribution is 2.19. The lowest BCUT2D eigenvalue weighted by molar-refractivity contribution is -0.143. The van der Waals surface area contributed by atoms with E-state index in [1.807, 2.05) is 38.1 Å². The Hall–Kier alpha value is -3.93. The van der Waals surface area contributed by atoms with Gasteiger partial charge in [-0.25, -0.2) is 4.79 Å². The number of carboxylic acid groups (broad SMARTS) is 2. The fourth-order valence-electron chi connectivity index (χ4n) is 3.92. The van der Waals surface area contributed by atoms with Crippen LogP contribution in [0, 0.1) is 11.8 Å². The third kappa shape index (κ3) is 8.58. The number of aliphatic carboxylic acids is 2. The Morgan fingerprint density at radius 3 is 2.03 bits per heavy atom. The van der Waals surface area contributed by atoms with Crippen LogP contribution in [0.1, 0.15) is 46.1 Å². The van der Waals surface area contributed by atoms with Crippen molar-refractivity contribution in [2.75, 3.05) is 0 Å². The summed E-state index contributed by atoms with van der Waals surface area (Å²) in [4.78, 5) is 65.0. The van der Waals surface area contributed by atoms with E-state index in [2.05, 4.69) is 20.9 Å². The van der Waals surface area contributed by atoms with E-state index in [0.717, 1.165) is 10.9 Å². The van der Waals surface area contributed by atoms with Crippen molar-refractivity contribution in [3.05, 3.63) is 36.0 Å². The molecule has 12 nitrogen and oxygen atoms in total. The number of aromatic amines is 1. The summed E-state index contributed by atoms with van der Waals surface area (Å²) in [6.45, 7) is 7.03. The summed E-state index contributed by atoms with van der Waals surface area (Å²) in [7, 11) is 0. The van der Waals surface area contributed by atoms with Crippen LogP contribution < -0.4 is 21.7 Å². The molecule has 0 radical (unpaired) electrons. The lowest BCUT2D eigenvalue weighted by Crippen LogP contribution is -2.58. The number of carboxylic acids is 2. The molecular weight excluding hydrogens is 494 g/mol. The Kier molecular flexibility index (Phi) is 10.8. The molecule has 0 aliphatic rings. The number of nitrogens with two attached hydrogens (primary N) is 1. The number of carbonyl (C=O) groups is 5. The van der Waals surface area contributed by atoms with Gasteiger partial charge in [0.05, 0.1) is 12.5 Å². The van der Waals surface area contributed by atoms with Crippen LogP contribution >= 0.6 is 0 Å². The molecule has 2 aromatic rings. The molecule has 0 saturated heterocycles. The number of carbonyl (C=O) groups excluding carboxylic acids is 3. The summed E-state index contributed by atoms with van der Waals surface area (Å²) in [6, 6.07) is 2.46. The Bertz CT molecular complexity index is 1160. The second kappa shape index (κ2) is 13.6. The third-order valence-electron chi connectivity index (χ3n) is 6.09. The van der Waals surface area contributed by atoms with Gasteiger partial charge in [-0.15, -0.1) is 0 Å². The number of amides is 3. The van der Waals surface area contributed by atoms with Crippen LogP contribution in [0.2, 0.25) is 0 Å². The molecule has 12 heteroatoms. The Morgan fingerprint density at radius 2 is 1.45 bits per heavy atom. The van der Waals surface area contributed by atoms with Crippen LogP contribution in [-0.2, 0) is 30.4 Å². The molecule has 3 amide bonds. The molecule has 1 aromatic heterocycles. The largest absolute Gasteiger partial charge is 0.481 e. The van der Waals surface area contributed by atoms with E-state index in [1.54, 1.807) is 20.0 Å². The zero-order valence-electron chi connectivity index (χ0n) is 22.0. The molecule has 1 aromatic carbocycles. The van der Waals surface area contributed by atoms with Crippen LogP contribution in [0.5, 0.6) is 0 Å². The van der Waals surface area contributed by atoms with Crippen LogP contribution in [0.25, 0.3) is 10.9 Å². The van der Waals surface area contributed by atoms with Crippen molar-refractivity contribution in [3.8, 4) is 0 Å². The van der Waals surface area contributed by atoms with Crippen molar-refractivity contribution in [3.63, 3.8) is 0 Å². The van der Waals surface area contributed by atoms with Gasteiger partial charge in [0.15, 0.2) is 0 Å². The van der Waals surface area contributed by atoms with Gasteiger partial charge in [-0.05, 0) is 29.9 Å². The molecule has 0 bridgehead atoms. The molecule has 4 unspecified atom stereocenters. The highest BCUT2D eigenvalue weighted by Gasteiger charge is 2.32. The minimum atomic E-state index is -1.48. The number of hydrogen-bond donors (Lipinski definition) is 7. The van der Waals surface area contributed by atoms with Crippen LogP contribution in [-0.4, -0.2) is 69.0 Å². The van der Waals surface area contributed by atoms with Crippen molar-refractivity contribution in [2.45, 2.75) is 71.1 Å².